The first-order valence-corrected chi connectivity index (χ1v) is 11.9. The molecule has 2 aromatic heterocycles. The average Bonchev–Trinajstić information content (AvgIpc) is 3.22. The Bertz CT molecular complexity index is 1300. The maximum absolute atomic E-state index is 14.7. The van der Waals surface area contributed by atoms with Crippen LogP contribution in [0.15, 0.2) is 72.5 Å². The van der Waals surface area contributed by atoms with Crippen LogP contribution in [-0.4, -0.2) is 75.9 Å². The summed E-state index contributed by atoms with van der Waals surface area (Å²) in [5.74, 6) is -0.593. The highest BCUT2D eigenvalue weighted by atomic mass is 19.1. The van der Waals surface area contributed by atoms with E-state index in [-0.39, 0.29) is 11.6 Å². The van der Waals surface area contributed by atoms with Gasteiger partial charge in [-0.1, -0.05) is 12.2 Å². The number of fused-ring (bicyclic) bond motifs is 2. The molecule has 1 fully saturated rings. The summed E-state index contributed by atoms with van der Waals surface area (Å²) in [5, 5.41) is 0. The lowest BCUT2D eigenvalue weighted by atomic mass is 10.0. The van der Waals surface area contributed by atoms with Gasteiger partial charge in [0.1, 0.15) is 0 Å². The van der Waals surface area contributed by atoms with Crippen LogP contribution >= 0.6 is 0 Å². The van der Waals surface area contributed by atoms with E-state index >= 15 is 0 Å². The topological polar surface area (TPSA) is 53.3 Å². The van der Waals surface area contributed by atoms with Gasteiger partial charge in [-0.3, -0.25) is 14.6 Å². The van der Waals surface area contributed by atoms with Gasteiger partial charge in [0.15, 0.2) is 11.5 Å². The second-order valence-electron chi connectivity index (χ2n) is 9.16. The summed E-state index contributed by atoms with van der Waals surface area (Å²) >= 11 is 0. The summed E-state index contributed by atoms with van der Waals surface area (Å²) in [6.07, 6.45) is 16.7. The lowest BCUT2D eigenvalue weighted by Gasteiger charge is -2.42. The van der Waals surface area contributed by atoms with Crippen molar-refractivity contribution in [2.75, 3.05) is 39.9 Å². The number of rotatable bonds is 5. The second-order valence-corrected chi connectivity index (χ2v) is 9.16. The number of amides is 1. The largest absolute Gasteiger partial charge is 0.383 e. The van der Waals surface area contributed by atoms with Crippen molar-refractivity contribution in [3.8, 4) is 0 Å². The Morgan fingerprint density at radius 2 is 2.00 bits per heavy atom. The van der Waals surface area contributed by atoms with E-state index < -0.39 is 5.82 Å². The van der Waals surface area contributed by atoms with Gasteiger partial charge in [0.05, 0.1) is 18.0 Å². The van der Waals surface area contributed by atoms with Gasteiger partial charge in [-0.2, -0.15) is 0 Å². The smallest absolute Gasteiger partial charge is 0.255 e. The Morgan fingerprint density at radius 3 is 2.80 bits per heavy atom. The molecule has 0 aromatic carbocycles. The predicted octanol–water partition coefficient (Wildman–Crippen LogP) is 3.51. The maximum Gasteiger partial charge on any atom is 0.255 e. The summed E-state index contributed by atoms with van der Waals surface area (Å²) in [5.41, 5.74) is 4.08. The van der Waals surface area contributed by atoms with Crippen molar-refractivity contribution in [3.05, 3.63) is 89.6 Å². The van der Waals surface area contributed by atoms with Gasteiger partial charge >= 0.3 is 0 Å². The number of nitrogens with zero attached hydrogens (tertiary/aromatic N) is 5. The third-order valence-corrected chi connectivity index (χ3v) is 6.70. The van der Waals surface area contributed by atoms with E-state index in [1.54, 1.807) is 34.9 Å². The molecule has 5 rings (SSSR count). The van der Waals surface area contributed by atoms with E-state index in [0.717, 1.165) is 49.9 Å². The lowest BCUT2D eigenvalue weighted by molar-refractivity contribution is -0.122. The summed E-state index contributed by atoms with van der Waals surface area (Å²) in [4.78, 5) is 24.0. The molecule has 3 aliphatic heterocycles. The first-order valence-electron chi connectivity index (χ1n) is 11.9. The molecule has 2 aromatic rings. The molecule has 182 valence electrons. The van der Waals surface area contributed by atoms with E-state index in [2.05, 4.69) is 27.8 Å². The third-order valence-electron chi connectivity index (χ3n) is 6.70. The maximum atomic E-state index is 14.7. The van der Waals surface area contributed by atoms with E-state index in [1.165, 1.54) is 6.07 Å². The van der Waals surface area contributed by atoms with E-state index in [9.17, 15) is 9.18 Å². The van der Waals surface area contributed by atoms with Crippen LogP contribution in [0.25, 0.3) is 11.2 Å². The zero-order valence-corrected chi connectivity index (χ0v) is 20.3. The number of carbonyl (C=O) groups is 1. The minimum absolute atomic E-state index is 0.174. The summed E-state index contributed by atoms with van der Waals surface area (Å²) in [6.45, 7) is 8.40. The zero-order valence-electron chi connectivity index (χ0n) is 20.3. The number of methoxy groups -OCH3 is 1. The molecular weight excluding hydrogens is 445 g/mol. The van der Waals surface area contributed by atoms with Crippen LogP contribution in [0.1, 0.15) is 18.2 Å². The first-order chi connectivity index (χ1) is 16.9. The van der Waals surface area contributed by atoms with Crippen LogP contribution in [0.3, 0.4) is 0 Å². The van der Waals surface area contributed by atoms with Crippen LogP contribution in [0.2, 0.25) is 0 Å². The molecule has 1 saturated heterocycles. The number of aromatic nitrogens is 2. The Kier molecular flexibility index (Phi) is 6.40. The molecule has 0 radical (unpaired) electrons. The Labute approximate surface area is 204 Å². The van der Waals surface area contributed by atoms with Crippen molar-refractivity contribution >= 4 is 17.1 Å². The Balaban J connectivity index is 1.39. The van der Waals surface area contributed by atoms with Gasteiger partial charge in [0.2, 0.25) is 0 Å². The molecule has 35 heavy (non-hydrogen) atoms. The Hall–Kier alpha value is -3.49. The van der Waals surface area contributed by atoms with Crippen molar-refractivity contribution < 1.29 is 13.9 Å². The van der Waals surface area contributed by atoms with Gasteiger partial charge in [-0.15, -0.1) is 0 Å². The molecule has 0 saturated carbocycles. The van der Waals surface area contributed by atoms with E-state index in [0.29, 0.717) is 17.2 Å². The number of hydrogen-bond acceptors (Lipinski definition) is 5. The monoisotopic (exact) mass is 475 g/mol. The van der Waals surface area contributed by atoms with Crippen LogP contribution in [0.5, 0.6) is 0 Å². The summed E-state index contributed by atoms with van der Waals surface area (Å²) < 4.78 is 21.6. The molecule has 0 N–H and O–H groups in total. The Morgan fingerprint density at radius 1 is 1.17 bits per heavy atom. The van der Waals surface area contributed by atoms with Crippen molar-refractivity contribution in [1.82, 2.24) is 24.1 Å². The third kappa shape index (κ3) is 4.72. The number of carbonyl (C=O) groups excluding carboxylic acids is 1. The summed E-state index contributed by atoms with van der Waals surface area (Å²) in [7, 11) is 1.73. The normalized spacial score (nSPS) is 23.4. The summed E-state index contributed by atoms with van der Waals surface area (Å²) in [6, 6.07) is 1.82. The fourth-order valence-electron chi connectivity index (χ4n) is 4.80. The number of halogens is 1. The van der Waals surface area contributed by atoms with Gasteiger partial charge in [0, 0.05) is 75.3 Å². The highest BCUT2D eigenvalue weighted by molar-refractivity contribution is 5.99. The van der Waals surface area contributed by atoms with Crippen LogP contribution in [-0.2, 0) is 9.53 Å². The van der Waals surface area contributed by atoms with Crippen LogP contribution in [0.4, 0.5) is 4.39 Å². The standard InChI is InChI=1S/C27H30FN5O2/c1-19-15-32-17-22(13-25(28)27(32)29-19)21-5-4-6-23-7-8-24(18-33(23)26(34)14-21)31-10-9-30(11-12-35-3)20(2)16-31/h4-8,13-15,17-18,20H,9-12,16H2,1-3H3/b5-4+,21-14+,23-6?/t20-/m0/s1. The quantitative estimate of drug-likeness (QED) is 0.663. The SMILES string of the molecule is COCCN1CCN(C2=CN3C(=O)/C=C(c4cc(F)c5nc(C)cn5c4)\C=C\C=C3C=C2)C[C@@H]1C. The number of ether oxygens (including phenoxy) is 1. The number of allylic oxidation sites excluding steroid dienone is 6. The number of imidazole rings is 1. The van der Waals surface area contributed by atoms with Crippen LogP contribution in [0, 0.1) is 12.7 Å². The van der Waals surface area contributed by atoms with E-state index in [1.807, 2.05) is 37.4 Å². The molecule has 7 nitrogen and oxygen atoms in total. The number of pyridine rings is 1. The van der Waals surface area contributed by atoms with Crippen molar-refractivity contribution in [2.45, 2.75) is 19.9 Å². The van der Waals surface area contributed by atoms with Gasteiger partial charge in [-0.05, 0) is 43.7 Å². The number of aryl methyl sites for hydroxylation is 1. The molecule has 0 unspecified atom stereocenters. The van der Waals surface area contributed by atoms with E-state index in [4.69, 9.17) is 4.74 Å². The fourth-order valence-corrected chi connectivity index (χ4v) is 4.80. The van der Waals surface area contributed by atoms with Gasteiger partial charge in [0.25, 0.3) is 5.91 Å². The molecule has 0 spiro atoms. The molecule has 1 amide bonds. The molecule has 3 aliphatic rings. The predicted molar refractivity (Wildman–Crippen MR) is 134 cm³/mol. The van der Waals surface area contributed by atoms with Crippen molar-refractivity contribution in [2.24, 2.45) is 0 Å². The van der Waals surface area contributed by atoms with Gasteiger partial charge < -0.3 is 14.0 Å². The van der Waals surface area contributed by atoms with Crippen LogP contribution < -0.4 is 0 Å². The molecule has 8 heteroatoms. The first kappa shape index (κ1) is 23.3. The highest BCUT2D eigenvalue weighted by Gasteiger charge is 2.27. The molecular formula is C27H30FN5O2. The lowest BCUT2D eigenvalue weighted by Crippen LogP contribution is -2.52. The molecule has 5 heterocycles. The molecule has 0 bridgehead atoms. The highest BCUT2D eigenvalue weighted by Crippen LogP contribution is 2.27. The fraction of sp³-hybridized carbons (Fsp3) is 0.333. The minimum Gasteiger partial charge on any atom is -0.383 e. The zero-order chi connectivity index (χ0) is 24.5. The van der Waals surface area contributed by atoms with Crippen molar-refractivity contribution in [3.63, 3.8) is 0 Å². The van der Waals surface area contributed by atoms with Gasteiger partial charge in [-0.25, -0.2) is 9.37 Å². The average molecular weight is 476 g/mol. The minimum atomic E-state index is -0.419. The van der Waals surface area contributed by atoms with Crippen molar-refractivity contribution in [1.29, 1.82) is 0 Å². The number of hydrogen-bond donors (Lipinski definition) is 0. The second kappa shape index (κ2) is 9.64. The number of piperazine rings is 1. The molecule has 1 atom stereocenters. The molecule has 0 aliphatic carbocycles.